The Morgan fingerprint density at radius 1 is 0.488 bits per heavy atom. The molecule has 0 aromatic heterocycles. The van der Waals surface area contributed by atoms with E-state index >= 15 is 0 Å². The van der Waals surface area contributed by atoms with Crippen LogP contribution in [0.4, 0.5) is 0 Å². The lowest BCUT2D eigenvalue weighted by Crippen LogP contribution is -2.70. The summed E-state index contributed by atoms with van der Waals surface area (Å²) >= 11 is 0. The van der Waals surface area contributed by atoms with Crippen molar-refractivity contribution >= 4 is 23.7 Å². The summed E-state index contributed by atoms with van der Waals surface area (Å²) in [7, 11) is 0. The van der Waals surface area contributed by atoms with E-state index in [9.17, 15) is 116 Å². The summed E-state index contributed by atoms with van der Waals surface area (Å²) in [5.41, 5.74) is 0. The van der Waals surface area contributed by atoms with Gasteiger partial charge in [-0.3, -0.25) is 14.4 Å². The number of hydrogen-bond donors (Lipinski definition) is 22. The second kappa shape index (κ2) is 28.9. The molecular weight excluding hydrogens is 1130 g/mol. The van der Waals surface area contributed by atoms with Gasteiger partial charge in [-0.15, -0.1) is 0 Å². The largest absolute Gasteiger partial charge is 0.477 e. The number of rotatable bonds is 22. The highest BCUT2D eigenvalue weighted by atomic mass is 16.8. The number of amides is 3. The third-order valence-corrected chi connectivity index (χ3v) is 14.6. The molecule has 474 valence electrons. The molecule has 1 unspecified atom stereocenters. The van der Waals surface area contributed by atoms with Gasteiger partial charge in [0.25, 0.3) is 5.79 Å². The lowest BCUT2D eigenvalue weighted by molar-refractivity contribution is -0.384. The fraction of sp³-hybridized carbons (Fsp3) is 0.911. The monoisotopic (exact) mass is 1200 g/mol. The molecule has 22 N–H and O–H groups in total. The van der Waals surface area contributed by atoms with Crippen molar-refractivity contribution in [1.82, 2.24) is 16.0 Å². The van der Waals surface area contributed by atoms with Crippen LogP contribution in [0.25, 0.3) is 0 Å². The number of ether oxygens (including phenoxy) is 11. The van der Waals surface area contributed by atoms with Gasteiger partial charge in [-0.2, -0.15) is 0 Å². The molecule has 82 heavy (non-hydrogen) atoms. The average Bonchev–Trinajstić information content (AvgIpc) is 2.84. The number of aliphatic hydroxyl groups is 18. The Hall–Kier alpha value is -3.28. The predicted molar refractivity (Wildman–Crippen MR) is 251 cm³/mol. The molecule has 0 aromatic rings. The Kier molecular flexibility index (Phi) is 23.9. The van der Waals surface area contributed by atoms with Gasteiger partial charge >= 0.3 is 5.97 Å². The second-order valence-corrected chi connectivity index (χ2v) is 20.4. The maximum Gasteiger partial charge on any atom is 0.364 e. The second-order valence-electron chi connectivity index (χ2n) is 20.4. The van der Waals surface area contributed by atoms with Crippen molar-refractivity contribution in [3.63, 3.8) is 0 Å². The van der Waals surface area contributed by atoms with Gasteiger partial charge in [-0.25, -0.2) is 4.79 Å². The normalized spacial score (nSPS) is 46.3. The van der Waals surface area contributed by atoms with Crippen molar-refractivity contribution in [3.05, 3.63) is 0 Å². The van der Waals surface area contributed by atoms with Crippen molar-refractivity contribution < 1.29 is 168 Å². The molecule has 0 aromatic carbocycles. The van der Waals surface area contributed by atoms with Crippen LogP contribution in [0.2, 0.25) is 0 Å². The van der Waals surface area contributed by atoms with E-state index in [0.717, 1.165) is 20.8 Å². The summed E-state index contributed by atoms with van der Waals surface area (Å²) in [5, 5.41) is 210. The van der Waals surface area contributed by atoms with Crippen LogP contribution in [0.3, 0.4) is 0 Å². The zero-order valence-corrected chi connectivity index (χ0v) is 43.9. The van der Waals surface area contributed by atoms with Gasteiger partial charge < -0.3 is 165 Å². The minimum absolute atomic E-state index is 0.793. The molecule has 6 saturated heterocycles. The zero-order valence-electron chi connectivity index (χ0n) is 43.9. The molecule has 37 heteroatoms. The van der Waals surface area contributed by atoms with Crippen molar-refractivity contribution in [2.24, 2.45) is 0 Å². The number of carboxylic acids is 1. The Balaban J connectivity index is 1.19. The van der Waals surface area contributed by atoms with E-state index in [1.165, 1.54) is 0 Å². The average molecular weight is 1200 g/mol. The Bertz CT molecular complexity index is 2090. The van der Waals surface area contributed by atoms with Crippen molar-refractivity contribution in [3.8, 4) is 0 Å². The van der Waals surface area contributed by atoms with Gasteiger partial charge in [0, 0.05) is 27.2 Å². The van der Waals surface area contributed by atoms with E-state index in [4.69, 9.17) is 52.1 Å². The van der Waals surface area contributed by atoms with E-state index in [1.807, 2.05) is 0 Å². The number of carbonyl (C=O) groups excluding carboxylic acids is 3. The molecule has 6 aliphatic heterocycles. The molecule has 0 aliphatic carbocycles. The van der Waals surface area contributed by atoms with Gasteiger partial charge in [0.15, 0.2) is 31.5 Å². The van der Waals surface area contributed by atoms with Gasteiger partial charge in [0.2, 0.25) is 17.7 Å². The maximum atomic E-state index is 12.8. The number of aliphatic hydroxyl groups excluding tert-OH is 18. The summed E-state index contributed by atoms with van der Waals surface area (Å²) in [6.07, 6.45) is -54.6. The number of aliphatic carboxylic acids is 1. The van der Waals surface area contributed by atoms with Crippen LogP contribution in [0, 0.1) is 0 Å². The van der Waals surface area contributed by atoms with Crippen LogP contribution in [-0.4, -0.2) is 350 Å². The lowest BCUT2D eigenvalue weighted by Gasteiger charge is -2.50. The van der Waals surface area contributed by atoms with Gasteiger partial charge in [-0.05, 0) is 0 Å². The molecule has 0 bridgehead atoms. The number of nitrogens with one attached hydrogen (secondary N) is 3. The molecule has 6 heterocycles. The van der Waals surface area contributed by atoms with Crippen LogP contribution in [0.15, 0.2) is 0 Å². The minimum Gasteiger partial charge on any atom is -0.477 e. The molecule has 0 radical (unpaired) electrons. The Morgan fingerprint density at radius 3 is 1.32 bits per heavy atom. The molecule has 6 fully saturated rings. The van der Waals surface area contributed by atoms with E-state index in [0.29, 0.717) is 0 Å². The number of hydrogen-bond acceptors (Lipinski definition) is 33. The van der Waals surface area contributed by atoms with Crippen LogP contribution < -0.4 is 16.0 Å². The Labute approximate surface area is 463 Å². The summed E-state index contributed by atoms with van der Waals surface area (Å²) < 4.78 is 62.8. The first-order chi connectivity index (χ1) is 38.6. The van der Waals surface area contributed by atoms with Crippen molar-refractivity contribution in [1.29, 1.82) is 0 Å². The van der Waals surface area contributed by atoms with Crippen LogP contribution >= 0.6 is 0 Å². The quantitative estimate of drug-likeness (QED) is 0.0479. The number of carbonyl (C=O) groups is 4. The van der Waals surface area contributed by atoms with E-state index in [2.05, 4.69) is 16.0 Å². The zero-order chi connectivity index (χ0) is 61.0. The third kappa shape index (κ3) is 14.7. The third-order valence-electron chi connectivity index (χ3n) is 14.6. The van der Waals surface area contributed by atoms with Gasteiger partial charge in [0.1, 0.15) is 140 Å². The first kappa shape index (κ1) is 67.8. The molecule has 0 spiro atoms. The summed E-state index contributed by atoms with van der Waals surface area (Å²) in [5.74, 6) is -7.51. The summed E-state index contributed by atoms with van der Waals surface area (Å²) in [4.78, 5) is 49.9. The highest BCUT2D eigenvalue weighted by Crippen LogP contribution is 2.38. The standard InChI is InChI=1S/C45H75N3O34/c1-11(54)46-21-14(57)4-45(44(70)71,82-37(21)24(59)15(58)5-49)72-10-20-26(61)30(65)32(67)43(77-20)80-35-18(8-52)75-40(22(27(35)62)47-12(2)55)78-36-17(7-51)73-39(69)38(33(36)68)81-41-23(48-13(3)56)28(63)34(19(9-53)76-41)79-42-31(66)29(64)25(60)16(6-50)74-42/h14-43,49-53,57-69H,4-10H2,1-3H3,(H,46,54)(H,47,55)(H,48,56)(H,70,71)/t14-,15+,16+,17+,18+,19+,20+,21+,22+,23+,24+,25-,26-,27+,28+,29-,30-,31+,32+,33-,34+,35+,36+,37+,38-,39?,40-,41-,42-,43-,45+/m0/s1. The molecule has 37 nitrogen and oxygen atoms in total. The highest BCUT2D eigenvalue weighted by molar-refractivity contribution is 5.77. The van der Waals surface area contributed by atoms with Crippen molar-refractivity contribution in [2.75, 3.05) is 39.6 Å². The van der Waals surface area contributed by atoms with Crippen LogP contribution in [-0.2, 0) is 71.3 Å². The fourth-order valence-corrected chi connectivity index (χ4v) is 10.3. The van der Waals surface area contributed by atoms with E-state index < -0.39 is 259 Å². The smallest absolute Gasteiger partial charge is 0.364 e. The number of carboxylic acid groups (broad SMARTS) is 1. The van der Waals surface area contributed by atoms with Crippen LogP contribution in [0.1, 0.15) is 27.2 Å². The summed E-state index contributed by atoms with van der Waals surface area (Å²) in [6, 6.07) is -5.22. The SMILES string of the molecule is CC(=O)N[C@H]1[C@H](O[C@H]2[C@H](O)[C@H](O[C@@H]3O[C@H](CO)[C@@H](O[C@@H]4O[C@H](CO)[C@H](O)[C@H](O)[C@H]4O)[C@H](O)[C@H]3NC(C)=O)C(O)O[C@@H]2CO)O[C@H](CO)[C@@H](O[C@@H]2O[C@H](CO[C@]3(C(=O)O)C[C@H](O)[C@@H](NC(C)=O)[C@H]([C@H](O)[C@H](O)CO)O3)[C@H](O)[C@H](O)[C@H]2O)[C@@H]1O. The summed E-state index contributed by atoms with van der Waals surface area (Å²) in [6.45, 7) is -3.33. The van der Waals surface area contributed by atoms with E-state index in [1.54, 1.807) is 0 Å². The topological polar surface area (TPSA) is 590 Å². The fourth-order valence-electron chi connectivity index (χ4n) is 10.3. The Morgan fingerprint density at radius 2 is 0.878 bits per heavy atom. The van der Waals surface area contributed by atoms with Crippen LogP contribution in [0.5, 0.6) is 0 Å². The first-order valence-electron chi connectivity index (χ1n) is 25.7. The van der Waals surface area contributed by atoms with E-state index in [-0.39, 0.29) is 0 Å². The molecule has 6 rings (SSSR count). The molecular formula is C45H75N3O34. The van der Waals surface area contributed by atoms with Gasteiger partial charge in [0.05, 0.1) is 51.8 Å². The maximum absolute atomic E-state index is 12.8. The van der Waals surface area contributed by atoms with Crippen molar-refractivity contribution in [2.45, 2.75) is 217 Å². The van der Waals surface area contributed by atoms with Gasteiger partial charge in [-0.1, -0.05) is 0 Å². The molecule has 31 atom stereocenters. The molecule has 0 saturated carbocycles. The minimum atomic E-state index is -2.99. The highest BCUT2D eigenvalue weighted by Gasteiger charge is 2.60. The predicted octanol–water partition coefficient (Wildman–Crippen LogP) is -14.5. The lowest BCUT2D eigenvalue weighted by atomic mass is 9.88. The molecule has 3 amide bonds. The molecule has 6 aliphatic rings. The first-order valence-corrected chi connectivity index (χ1v) is 25.7.